The second kappa shape index (κ2) is 8.75. The van der Waals surface area contributed by atoms with Crippen LogP contribution in [0.4, 0.5) is 14.6 Å². The van der Waals surface area contributed by atoms with Crippen LogP contribution < -0.4 is 15.8 Å². The topological polar surface area (TPSA) is 96.2 Å². The first-order chi connectivity index (χ1) is 16.3. The van der Waals surface area contributed by atoms with Gasteiger partial charge in [0.25, 0.3) is 5.56 Å². The van der Waals surface area contributed by atoms with Crippen LogP contribution in [0.3, 0.4) is 0 Å². The first kappa shape index (κ1) is 22.4. The number of hydrogen-bond donors (Lipinski definition) is 2. The summed E-state index contributed by atoms with van der Waals surface area (Å²) in [7, 11) is 3.26. The third-order valence-corrected chi connectivity index (χ3v) is 6.93. The molecular weight excluding hydrogens is 442 g/mol. The highest BCUT2D eigenvalue weighted by atomic mass is 19.1. The van der Waals surface area contributed by atoms with Crippen LogP contribution in [-0.4, -0.2) is 56.2 Å². The summed E-state index contributed by atoms with van der Waals surface area (Å²) < 4.78 is 30.5. The van der Waals surface area contributed by atoms with Crippen molar-refractivity contribution in [2.75, 3.05) is 11.9 Å². The zero-order valence-corrected chi connectivity index (χ0v) is 18.9. The molecule has 5 rings (SSSR count). The molecule has 178 valence electrons. The standard InChI is InChI=1S/C24H26F2N6O2/c1-31-12-17(25)16(10-22(31)34)13-6-7-15(20(33)8-13)24-27-11-21(29-30-24)32(2)19-9-14-4-3-5-18(28-14)23(19)26/h6-8,10-12,14,18-19,23,28,33H,3-5,9H2,1-2H3/t14-,18+,19-,23+/m0/s1. The summed E-state index contributed by atoms with van der Waals surface area (Å²) >= 11 is 0. The fraction of sp³-hybridized carbons (Fsp3) is 0.417. The predicted octanol–water partition coefficient (Wildman–Crippen LogP) is 2.81. The van der Waals surface area contributed by atoms with Gasteiger partial charge in [0, 0.05) is 44.0 Å². The molecule has 0 unspecified atom stereocenters. The number of nitrogens with one attached hydrogen (secondary N) is 1. The van der Waals surface area contributed by atoms with E-state index in [0.717, 1.165) is 30.0 Å². The van der Waals surface area contributed by atoms with Crippen LogP contribution in [0, 0.1) is 5.82 Å². The van der Waals surface area contributed by atoms with Gasteiger partial charge in [-0.05, 0) is 37.0 Å². The Morgan fingerprint density at radius 3 is 2.76 bits per heavy atom. The summed E-state index contributed by atoms with van der Waals surface area (Å²) in [5.74, 6) is -0.109. The Morgan fingerprint density at radius 2 is 2.03 bits per heavy atom. The number of fused-ring (bicyclic) bond motifs is 2. The second-order valence-electron chi connectivity index (χ2n) is 9.12. The number of phenolic OH excluding ortho intramolecular Hbond substituents is 1. The monoisotopic (exact) mass is 468 g/mol. The van der Waals surface area contributed by atoms with Gasteiger partial charge in [0.15, 0.2) is 11.6 Å². The van der Waals surface area contributed by atoms with Crippen LogP contribution in [0.15, 0.2) is 41.5 Å². The molecule has 4 heterocycles. The number of halogens is 2. The number of phenols is 1. The first-order valence-corrected chi connectivity index (χ1v) is 11.3. The Hall–Kier alpha value is -3.40. The van der Waals surface area contributed by atoms with Gasteiger partial charge in [-0.1, -0.05) is 12.5 Å². The fourth-order valence-corrected chi connectivity index (χ4v) is 4.98. The normalized spacial score (nSPS) is 24.1. The smallest absolute Gasteiger partial charge is 0.251 e. The largest absolute Gasteiger partial charge is 0.507 e. The second-order valence-corrected chi connectivity index (χ2v) is 9.12. The van der Waals surface area contributed by atoms with Gasteiger partial charge in [-0.15, -0.1) is 10.2 Å². The number of aromatic hydroxyl groups is 1. The molecule has 10 heteroatoms. The van der Waals surface area contributed by atoms with Crippen LogP contribution >= 0.6 is 0 Å². The Morgan fingerprint density at radius 1 is 1.21 bits per heavy atom. The van der Waals surface area contributed by atoms with Gasteiger partial charge in [0.2, 0.25) is 0 Å². The molecule has 2 aliphatic rings. The molecule has 2 bridgehead atoms. The highest BCUT2D eigenvalue weighted by molar-refractivity contribution is 5.73. The van der Waals surface area contributed by atoms with E-state index in [1.165, 1.54) is 25.4 Å². The van der Waals surface area contributed by atoms with Gasteiger partial charge in [-0.25, -0.2) is 13.8 Å². The van der Waals surface area contributed by atoms with Crippen molar-refractivity contribution in [3.63, 3.8) is 0 Å². The summed E-state index contributed by atoms with van der Waals surface area (Å²) in [6.07, 6.45) is 5.23. The number of pyridine rings is 1. The molecule has 0 amide bonds. The molecular formula is C24H26F2N6O2. The molecule has 4 atom stereocenters. The number of aryl methyl sites for hydroxylation is 1. The molecule has 2 saturated heterocycles. The lowest BCUT2D eigenvalue weighted by Gasteiger charge is -2.45. The fourth-order valence-electron chi connectivity index (χ4n) is 4.98. The first-order valence-electron chi connectivity index (χ1n) is 11.3. The zero-order chi connectivity index (χ0) is 24.0. The van der Waals surface area contributed by atoms with Crippen molar-refractivity contribution in [1.82, 2.24) is 25.1 Å². The third kappa shape index (κ3) is 4.02. The lowest BCUT2D eigenvalue weighted by molar-refractivity contribution is 0.107. The summed E-state index contributed by atoms with van der Waals surface area (Å²) in [6.45, 7) is 0. The molecule has 1 aromatic carbocycles. The quantitative estimate of drug-likeness (QED) is 0.608. The van der Waals surface area contributed by atoms with E-state index in [4.69, 9.17) is 0 Å². The number of hydrogen-bond acceptors (Lipinski definition) is 7. The number of anilines is 1. The zero-order valence-electron chi connectivity index (χ0n) is 18.9. The number of benzene rings is 1. The van der Waals surface area contributed by atoms with E-state index in [1.807, 2.05) is 0 Å². The molecule has 2 N–H and O–H groups in total. The number of aromatic nitrogens is 4. The van der Waals surface area contributed by atoms with Crippen molar-refractivity contribution in [2.24, 2.45) is 7.05 Å². The van der Waals surface area contributed by atoms with Crippen molar-refractivity contribution >= 4 is 5.82 Å². The van der Waals surface area contributed by atoms with Crippen LogP contribution in [0.2, 0.25) is 0 Å². The van der Waals surface area contributed by atoms with Crippen molar-refractivity contribution in [2.45, 2.75) is 50.0 Å². The molecule has 2 aliphatic heterocycles. The van der Waals surface area contributed by atoms with Crippen LogP contribution in [-0.2, 0) is 7.05 Å². The van der Waals surface area contributed by atoms with Gasteiger partial charge < -0.3 is 19.9 Å². The van der Waals surface area contributed by atoms with Gasteiger partial charge in [-0.2, -0.15) is 0 Å². The summed E-state index contributed by atoms with van der Waals surface area (Å²) in [5.41, 5.74) is 0.397. The van der Waals surface area contributed by atoms with Crippen LogP contribution in [0.25, 0.3) is 22.5 Å². The Balaban J connectivity index is 1.37. The molecule has 8 nitrogen and oxygen atoms in total. The predicted molar refractivity (Wildman–Crippen MR) is 124 cm³/mol. The van der Waals surface area contributed by atoms with Gasteiger partial charge >= 0.3 is 0 Å². The molecule has 2 aromatic heterocycles. The molecule has 0 spiro atoms. The van der Waals surface area contributed by atoms with Crippen molar-refractivity contribution < 1.29 is 13.9 Å². The minimum Gasteiger partial charge on any atom is -0.507 e. The van der Waals surface area contributed by atoms with Crippen molar-refractivity contribution in [1.29, 1.82) is 0 Å². The maximum Gasteiger partial charge on any atom is 0.251 e. The minimum atomic E-state index is -1.00. The summed E-state index contributed by atoms with van der Waals surface area (Å²) in [5, 5.41) is 22.3. The van der Waals surface area contributed by atoms with Crippen LogP contribution in [0.1, 0.15) is 25.7 Å². The number of alkyl halides is 1. The lowest BCUT2D eigenvalue weighted by atomic mass is 9.82. The Bertz CT molecular complexity index is 1270. The van der Waals surface area contributed by atoms with E-state index in [1.54, 1.807) is 24.1 Å². The van der Waals surface area contributed by atoms with Gasteiger partial charge in [0.1, 0.15) is 17.7 Å². The molecule has 0 saturated carbocycles. The van der Waals surface area contributed by atoms with E-state index in [-0.39, 0.29) is 34.8 Å². The number of nitrogens with zero attached hydrogens (tertiary/aromatic N) is 5. The summed E-state index contributed by atoms with van der Waals surface area (Å²) in [4.78, 5) is 18.0. The molecule has 3 aromatic rings. The number of piperidine rings is 2. The maximum absolute atomic E-state index is 15.1. The number of rotatable bonds is 4. The van der Waals surface area contributed by atoms with E-state index >= 15 is 4.39 Å². The van der Waals surface area contributed by atoms with Gasteiger partial charge in [-0.3, -0.25) is 4.79 Å². The Labute approximate surface area is 195 Å². The van der Waals surface area contributed by atoms with Crippen LogP contribution in [0.5, 0.6) is 5.75 Å². The molecule has 0 aliphatic carbocycles. The molecule has 0 radical (unpaired) electrons. The van der Waals surface area contributed by atoms with E-state index in [2.05, 4.69) is 20.5 Å². The SMILES string of the molecule is CN(c1cnc(-c2ccc(-c3cc(=O)n(C)cc3F)cc2O)nn1)[C@H]1C[C@@H]2CCC[C@@H](N2)[C@H]1F. The third-order valence-electron chi connectivity index (χ3n) is 6.93. The average Bonchev–Trinajstić information content (AvgIpc) is 2.83. The van der Waals surface area contributed by atoms with E-state index in [0.29, 0.717) is 29.4 Å². The average molecular weight is 469 g/mol. The van der Waals surface area contributed by atoms with Crippen molar-refractivity contribution in [3.8, 4) is 28.3 Å². The van der Waals surface area contributed by atoms with E-state index < -0.39 is 12.0 Å². The molecule has 34 heavy (non-hydrogen) atoms. The summed E-state index contributed by atoms with van der Waals surface area (Å²) in [6, 6.07) is 5.54. The minimum absolute atomic E-state index is 0.0912. The highest BCUT2D eigenvalue weighted by Crippen LogP contribution is 2.34. The highest BCUT2D eigenvalue weighted by Gasteiger charge is 2.42. The van der Waals surface area contributed by atoms with Gasteiger partial charge in [0.05, 0.1) is 17.8 Å². The van der Waals surface area contributed by atoms with E-state index in [9.17, 15) is 14.3 Å². The van der Waals surface area contributed by atoms with Crippen molar-refractivity contribution in [3.05, 3.63) is 52.8 Å². The maximum atomic E-state index is 15.1. The molecule has 2 fully saturated rings. The lowest BCUT2D eigenvalue weighted by Crippen LogP contribution is -2.61. The Kier molecular flexibility index (Phi) is 5.76.